The van der Waals surface area contributed by atoms with Crippen molar-refractivity contribution in [2.75, 3.05) is 36.0 Å². The van der Waals surface area contributed by atoms with Gasteiger partial charge in [0, 0.05) is 43.6 Å². The van der Waals surface area contributed by atoms with Crippen molar-refractivity contribution in [2.45, 2.75) is 10.9 Å². The molecule has 0 unspecified atom stereocenters. The van der Waals surface area contributed by atoms with E-state index in [-0.39, 0.29) is 5.56 Å². The number of carboxylic acid groups (broad SMARTS) is 1. The number of nitrogens with zero attached hydrogens (tertiary/aromatic N) is 4. The lowest BCUT2D eigenvalue weighted by molar-refractivity contribution is 0.0696. The minimum Gasteiger partial charge on any atom is -0.478 e. The Labute approximate surface area is 219 Å². The molecule has 1 aromatic heterocycles. The van der Waals surface area contributed by atoms with E-state index in [0.29, 0.717) is 10.9 Å². The first-order chi connectivity index (χ1) is 17.6. The molecular formula is C28H25ClN4O2S. The fourth-order valence-corrected chi connectivity index (χ4v) is 5.27. The number of halogens is 1. The second kappa shape index (κ2) is 11.0. The van der Waals surface area contributed by atoms with Gasteiger partial charge in [-0.2, -0.15) is 0 Å². The lowest BCUT2D eigenvalue weighted by Crippen LogP contribution is -2.47. The third-order valence-corrected chi connectivity index (χ3v) is 7.34. The van der Waals surface area contributed by atoms with Crippen molar-refractivity contribution < 1.29 is 9.90 Å². The van der Waals surface area contributed by atoms with E-state index in [1.54, 1.807) is 18.2 Å². The molecule has 36 heavy (non-hydrogen) atoms. The molecule has 8 heteroatoms. The molecule has 0 atom stereocenters. The maximum atomic E-state index is 11.3. The van der Waals surface area contributed by atoms with E-state index < -0.39 is 5.97 Å². The van der Waals surface area contributed by atoms with Crippen LogP contribution < -0.4 is 9.80 Å². The lowest BCUT2D eigenvalue weighted by Gasteiger charge is -2.37. The minimum absolute atomic E-state index is 0.282. The van der Waals surface area contributed by atoms with E-state index in [0.717, 1.165) is 59.5 Å². The number of rotatable bonds is 7. The molecule has 0 amide bonds. The van der Waals surface area contributed by atoms with Crippen LogP contribution in [0.3, 0.4) is 0 Å². The number of carbonyl (C=O) groups is 1. The van der Waals surface area contributed by atoms with E-state index in [1.165, 1.54) is 11.8 Å². The standard InChI is InChI=1S/C28H25ClN4O2S/c29-23-11-4-5-12-25(23)32-13-15-33(16-14-32)26-18-24(21-8-2-1-3-9-21)30-28(31-26)36-19-20-7-6-10-22(17-20)27(34)35/h1-12,17-18H,13-16,19H2,(H,34,35). The summed E-state index contributed by atoms with van der Waals surface area (Å²) >= 11 is 7.93. The van der Waals surface area contributed by atoms with Crippen LogP contribution in [-0.2, 0) is 5.75 Å². The second-order valence-electron chi connectivity index (χ2n) is 8.48. The molecule has 5 rings (SSSR count). The summed E-state index contributed by atoms with van der Waals surface area (Å²) in [6, 6.07) is 27.1. The summed E-state index contributed by atoms with van der Waals surface area (Å²) in [5.41, 5.74) is 4.17. The summed E-state index contributed by atoms with van der Waals surface area (Å²) < 4.78 is 0. The van der Waals surface area contributed by atoms with E-state index in [1.807, 2.05) is 54.6 Å². The van der Waals surface area contributed by atoms with Crippen molar-refractivity contribution in [1.82, 2.24) is 9.97 Å². The first-order valence-corrected chi connectivity index (χ1v) is 13.1. The number of thioether (sulfide) groups is 1. The van der Waals surface area contributed by atoms with Crippen LogP contribution in [0.4, 0.5) is 11.5 Å². The minimum atomic E-state index is -0.928. The van der Waals surface area contributed by atoms with Gasteiger partial charge >= 0.3 is 5.97 Å². The van der Waals surface area contributed by atoms with Crippen LogP contribution >= 0.6 is 23.4 Å². The largest absolute Gasteiger partial charge is 0.478 e. The summed E-state index contributed by atoms with van der Waals surface area (Å²) in [6.45, 7) is 3.33. The first kappa shape index (κ1) is 24.2. The normalized spacial score (nSPS) is 13.6. The molecule has 0 aliphatic carbocycles. The molecule has 0 radical (unpaired) electrons. The van der Waals surface area contributed by atoms with Crippen molar-refractivity contribution in [1.29, 1.82) is 0 Å². The van der Waals surface area contributed by atoms with E-state index in [4.69, 9.17) is 21.6 Å². The number of carboxylic acids is 1. The number of piperazine rings is 1. The second-order valence-corrected chi connectivity index (χ2v) is 9.83. The van der Waals surface area contributed by atoms with Gasteiger partial charge in [-0.25, -0.2) is 14.8 Å². The Bertz CT molecular complexity index is 1360. The number of anilines is 2. The van der Waals surface area contributed by atoms with Gasteiger partial charge in [0.15, 0.2) is 5.16 Å². The molecule has 1 saturated heterocycles. The van der Waals surface area contributed by atoms with Crippen molar-refractivity contribution in [3.8, 4) is 11.3 Å². The van der Waals surface area contributed by atoms with Gasteiger partial charge in [0.2, 0.25) is 0 Å². The third-order valence-electron chi connectivity index (χ3n) is 6.10. The molecule has 1 fully saturated rings. The van der Waals surface area contributed by atoms with Gasteiger partial charge in [-0.3, -0.25) is 0 Å². The fraction of sp³-hybridized carbons (Fsp3) is 0.179. The molecule has 6 nitrogen and oxygen atoms in total. The maximum absolute atomic E-state index is 11.3. The zero-order chi connectivity index (χ0) is 24.9. The smallest absolute Gasteiger partial charge is 0.335 e. The Morgan fingerprint density at radius 2 is 1.58 bits per heavy atom. The van der Waals surface area contributed by atoms with Crippen LogP contribution in [0.1, 0.15) is 15.9 Å². The van der Waals surface area contributed by atoms with Gasteiger partial charge in [-0.05, 0) is 29.8 Å². The highest BCUT2D eigenvalue weighted by atomic mass is 35.5. The highest BCUT2D eigenvalue weighted by Gasteiger charge is 2.21. The molecule has 0 saturated carbocycles. The number of hydrogen-bond donors (Lipinski definition) is 1. The predicted molar refractivity (Wildman–Crippen MR) is 146 cm³/mol. The van der Waals surface area contributed by atoms with Gasteiger partial charge in [0.1, 0.15) is 5.82 Å². The number of hydrogen-bond acceptors (Lipinski definition) is 6. The maximum Gasteiger partial charge on any atom is 0.335 e. The summed E-state index contributed by atoms with van der Waals surface area (Å²) in [5, 5.41) is 10.7. The van der Waals surface area contributed by atoms with E-state index >= 15 is 0 Å². The predicted octanol–water partition coefficient (Wildman–Crippen LogP) is 6.11. The average molecular weight is 517 g/mol. The third kappa shape index (κ3) is 5.64. The van der Waals surface area contributed by atoms with Crippen molar-refractivity contribution in [3.05, 3.63) is 101 Å². The first-order valence-electron chi connectivity index (χ1n) is 11.7. The lowest BCUT2D eigenvalue weighted by atomic mass is 10.1. The summed E-state index contributed by atoms with van der Waals surface area (Å²) in [5.74, 6) is 0.547. The van der Waals surface area contributed by atoms with Crippen LogP contribution in [0.5, 0.6) is 0 Å². The van der Waals surface area contributed by atoms with Crippen LogP contribution in [0, 0.1) is 0 Å². The average Bonchev–Trinajstić information content (AvgIpc) is 2.93. The Balaban J connectivity index is 1.37. The highest BCUT2D eigenvalue weighted by Crippen LogP contribution is 2.30. The number of para-hydroxylation sites is 1. The molecule has 3 aromatic carbocycles. The zero-order valence-corrected chi connectivity index (χ0v) is 21.1. The zero-order valence-electron chi connectivity index (χ0n) is 19.5. The topological polar surface area (TPSA) is 69.6 Å². The van der Waals surface area contributed by atoms with Crippen molar-refractivity contribution in [2.24, 2.45) is 0 Å². The SMILES string of the molecule is O=C(O)c1cccc(CSc2nc(-c3ccccc3)cc(N3CCN(c4ccccc4Cl)CC3)n2)c1. The number of aromatic carboxylic acids is 1. The van der Waals surface area contributed by atoms with Crippen LogP contribution in [0.2, 0.25) is 5.02 Å². The van der Waals surface area contributed by atoms with Gasteiger partial charge in [0.25, 0.3) is 0 Å². The highest BCUT2D eigenvalue weighted by molar-refractivity contribution is 7.98. The molecule has 0 spiro atoms. The molecule has 1 aliphatic rings. The summed E-state index contributed by atoms with van der Waals surface area (Å²) in [4.78, 5) is 25.6. The van der Waals surface area contributed by atoms with Gasteiger partial charge in [-0.15, -0.1) is 0 Å². The summed E-state index contributed by atoms with van der Waals surface area (Å²) in [7, 11) is 0. The monoisotopic (exact) mass is 516 g/mol. The number of benzene rings is 3. The molecule has 0 bridgehead atoms. The Morgan fingerprint density at radius 3 is 2.33 bits per heavy atom. The quantitative estimate of drug-likeness (QED) is 0.234. The number of aromatic nitrogens is 2. The fourth-order valence-electron chi connectivity index (χ4n) is 4.22. The summed E-state index contributed by atoms with van der Waals surface area (Å²) in [6.07, 6.45) is 0. The van der Waals surface area contributed by atoms with Gasteiger partial charge < -0.3 is 14.9 Å². The van der Waals surface area contributed by atoms with Crippen molar-refractivity contribution in [3.63, 3.8) is 0 Å². The Morgan fingerprint density at radius 1 is 0.861 bits per heavy atom. The van der Waals surface area contributed by atoms with Crippen LogP contribution in [0.15, 0.2) is 90.1 Å². The van der Waals surface area contributed by atoms with Crippen LogP contribution in [0.25, 0.3) is 11.3 Å². The Kier molecular flexibility index (Phi) is 7.39. The Hall–Kier alpha value is -3.55. The molecule has 4 aromatic rings. The molecule has 2 heterocycles. The van der Waals surface area contributed by atoms with Gasteiger partial charge in [0.05, 0.1) is 22.0 Å². The molecule has 182 valence electrons. The molecule has 1 N–H and O–H groups in total. The van der Waals surface area contributed by atoms with Crippen LogP contribution in [-0.4, -0.2) is 47.2 Å². The van der Waals surface area contributed by atoms with Crippen molar-refractivity contribution >= 4 is 40.8 Å². The molecular weight excluding hydrogens is 492 g/mol. The molecule has 1 aliphatic heterocycles. The van der Waals surface area contributed by atoms with Gasteiger partial charge in [-0.1, -0.05) is 78.0 Å². The van der Waals surface area contributed by atoms with E-state index in [2.05, 4.69) is 21.9 Å². The van der Waals surface area contributed by atoms with E-state index in [9.17, 15) is 9.90 Å².